The summed E-state index contributed by atoms with van der Waals surface area (Å²) in [6, 6.07) is 0. The first-order valence-electron chi connectivity index (χ1n) is 5.62. The van der Waals surface area contributed by atoms with Gasteiger partial charge in [-0.25, -0.2) is 4.79 Å². The maximum absolute atomic E-state index is 11.8. The molecule has 0 N–H and O–H groups in total. The highest BCUT2D eigenvalue weighted by molar-refractivity contribution is 5.95. The van der Waals surface area contributed by atoms with Crippen LogP contribution in [0, 0.1) is 0 Å². The van der Waals surface area contributed by atoms with Gasteiger partial charge in [-0.3, -0.25) is 4.79 Å². The molecule has 96 valence electrons. The first-order chi connectivity index (χ1) is 8.60. The molecule has 1 atom stereocenters. The summed E-state index contributed by atoms with van der Waals surface area (Å²) in [5.74, 6) is -1.21. The van der Waals surface area contributed by atoms with Crippen molar-refractivity contribution in [2.24, 2.45) is 7.05 Å². The first kappa shape index (κ1) is 12.4. The number of ether oxygens (including phenoxy) is 2. The number of methoxy groups -OCH3 is 2. The van der Waals surface area contributed by atoms with Crippen molar-refractivity contribution >= 4 is 18.0 Å². The molecule has 1 unspecified atom stereocenters. The molecule has 1 aromatic heterocycles. The van der Waals surface area contributed by atoms with Gasteiger partial charge in [0.1, 0.15) is 0 Å². The maximum Gasteiger partial charge on any atom is 0.339 e. The van der Waals surface area contributed by atoms with Crippen LogP contribution in [-0.4, -0.2) is 30.7 Å². The van der Waals surface area contributed by atoms with Crippen molar-refractivity contribution < 1.29 is 19.1 Å². The molecule has 0 radical (unpaired) electrons. The zero-order chi connectivity index (χ0) is 13.3. The van der Waals surface area contributed by atoms with E-state index in [0.717, 1.165) is 5.69 Å². The van der Waals surface area contributed by atoms with Crippen molar-refractivity contribution in [3.8, 4) is 0 Å². The number of fused-ring (bicyclic) bond motifs is 1. The summed E-state index contributed by atoms with van der Waals surface area (Å²) in [6.07, 6.45) is 6.03. The summed E-state index contributed by atoms with van der Waals surface area (Å²) in [5.41, 5.74) is 1.96. The lowest BCUT2D eigenvalue weighted by molar-refractivity contribution is -0.142. The lowest BCUT2D eigenvalue weighted by atomic mass is 9.88. The van der Waals surface area contributed by atoms with Crippen LogP contribution in [0.25, 0.3) is 6.08 Å². The van der Waals surface area contributed by atoms with Gasteiger partial charge in [0.25, 0.3) is 0 Å². The molecule has 0 aliphatic heterocycles. The molecule has 0 saturated carbocycles. The number of nitrogens with zero attached hydrogens (tertiary/aromatic N) is 1. The van der Waals surface area contributed by atoms with Crippen LogP contribution in [0.3, 0.4) is 0 Å². The Morgan fingerprint density at radius 1 is 1.33 bits per heavy atom. The van der Waals surface area contributed by atoms with Crippen molar-refractivity contribution in [2.75, 3.05) is 14.2 Å². The van der Waals surface area contributed by atoms with Crippen molar-refractivity contribution in [3.05, 3.63) is 29.1 Å². The average Bonchev–Trinajstić information content (AvgIpc) is 2.74. The van der Waals surface area contributed by atoms with Crippen molar-refractivity contribution in [1.29, 1.82) is 0 Å². The average molecular weight is 249 g/mol. The van der Waals surface area contributed by atoms with Gasteiger partial charge in [0.2, 0.25) is 0 Å². The number of carbonyl (C=O) groups is 2. The molecule has 0 aromatic carbocycles. The van der Waals surface area contributed by atoms with Gasteiger partial charge in [-0.1, -0.05) is 6.08 Å². The molecule has 0 amide bonds. The molecule has 18 heavy (non-hydrogen) atoms. The highest BCUT2D eigenvalue weighted by atomic mass is 16.5. The number of esters is 2. The molecule has 5 nitrogen and oxygen atoms in total. The molecule has 1 aliphatic carbocycles. The fourth-order valence-corrected chi connectivity index (χ4v) is 2.30. The summed E-state index contributed by atoms with van der Waals surface area (Å²) in [4.78, 5) is 23.5. The number of hydrogen-bond acceptors (Lipinski definition) is 4. The van der Waals surface area contributed by atoms with Crippen molar-refractivity contribution in [1.82, 2.24) is 4.57 Å². The van der Waals surface area contributed by atoms with E-state index in [9.17, 15) is 9.59 Å². The third-order valence-corrected chi connectivity index (χ3v) is 3.16. The van der Waals surface area contributed by atoms with Gasteiger partial charge in [-0.15, -0.1) is 0 Å². The minimum Gasteiger partial charge on any atom is -0.469 e. The molecule has 1 aromatic rings. The minimum atomic E-state index is -0.440. The Labute approximate surface area is 105 Å². The number of carbonyl (C=O) groups excluding carboxylic acids is 2. The molecule has 0 fully saturated rings. The summed E-state index contributed by atoms with van der Waals surface area (Å²) in [6.45, 7) is 0. The topological polar surface area (TPSA) is 57.5 Å². The summed E-state index contributed by atoms with van der Waals surface area (Å²) < 4.78 is 11.4. The van der Waals surface area contributed by atoms with E-state index in [1.807, 2.05) is 23.8 Å². The lowest BCUT2D eigenvalue weighted by Crippen LogP contribution is -2.19. The van der Waals surface area contributed by atoms with Crippen LogP contribution in [-0.2, 0) is 21.3 Å². The Balaban J connectivity index is 2.57. The van der Waals surface area contributed by atoms with Gasteiger partial charge in [0.15, 0.2) is 0 Å². The van der Waals surface area contributed by atoms with Crippen LogP contribution in [0.1, 0.15) is 34.0 Å². The van der Waals surface area contributed by atoms with Gasteiger partial charge < -0.3 is 14.0 Å². The zero-order valence-corrected chi connectivity index (χ0v) is 10.6. The molecule has 0 bridgehead atoms. The van der Waals surface area contributed by atoms with E-state index in [1.165, 1.54) is 14.2 Å². The Morgan fingerprint density at radius 2 is 2.06 bits per heavy atom. The number of allylic oxidation sites excluding steroid dienone is 1. The molecule has 1 aliphatic rings. The highest BCUT2D eigenvalue weighted by Gasteiger charge is 2.32. The number of aromatic nitrogens is 1. The van der Waals surface area contributed by atoms with Gasteiger partial charge in [-0.05, 0) is 12.5 Å². The van der Waals surface area contributed by atoms with Gasteiger partial charge >= 0.3 is 11.9 Å². The number of aryl methyl sites for hydroxylation is 1. The van der Waals surface area contributed by atoms with Crippen LogP contribution < -0.4 is 0 Å². The molecular formula is C13H15NO4. The maximum atomic E-state index is 11.8. The standard InChI is InChI=1S/C13H15NO4/c1-14-7-9(13(16)18-3)11-8(12(15)17-2)5-4-6-10(11)14/h4,6-8H,5H2,1-3H3. The lowest BCUT2D eigenvalue weighted by Gasteiger charge is -2.18. The largest absolute Gasteiger partial charge is 0.469 e. The minimum absolute atomic E-state index is 0.336. The normalized spacial score (nSPS) is 17.2. The van der Waals surface area contributed by atoms with E-state index < -0.39 is 11.9 Å². The van der Waals surface area contributed by atoms with Crippen LogP contribution in [0.4, 0.5) is 0 Å². The second-order valence-electron chi connectivity index (χ2n) is 4.16. The van der Waals surface area contributed by atoms with Crippen molar-refractivity contribution in [2.45, 2.75) is 12.3 Å². The first-order valence-corrected chi connectivity index (χ1v) is 5.62. The third-order valence-electron chi connectivity index (χ3n) is 3.16. The number of hydrogen-bond donors (Lipinski definition) is 0. The zero-order valence-electron chi connectivity index (χ0n) is 10.6. The highest BCUT2D eigenvalue weighted by Crippen LogP contribution is 2.34. The van der Waals surface area contributed by atoms with E-state index in [4.69, 9.17) is 9.47 Å². The predicted molar refractivity (Wildman–Crippen MR) is 65.2 cm³/mol. The monoisotopic (exact) mass is 249 g/mol. The van der Waals surface area contributed by atoms with Crippen LogP contribution in [0.15, 0.2) is 12.3 Å². The molecule has 1 heterocycles. The fourth-order valence-electron chi connectivity index (χ4n) is 2.30. The Kier molecular flexibility index (Phi) is 3.23. The predicted octanol–water partition coefficient (Wildman–Crippen LogP) is 1.49. The molecule has 0 spiro atoms. The second kappa shape index (κ2) is 4.68. The second-order valence-corrected chi connectivity index (χ2v) is 4.16. The fraction of sp³-hybridized carbons (Fsp3) is 0.385. The van der Waals surface area contributed by atoms with Gasteiger partial charge in [0.05, 0.1) is 25.7 Å². The summed E-state index contributed by atoms with van der Waals surface area (Å²) in [7, 11) is 4.50. The van der Waals surface area contributed by atoms with E-state index in [1.54, 1.807) is 6.20 Å². The SMILES string of the molecule is COC(=O)c1cn(C)c2c1C(C(=O)OC)CC=C2. The Bertz CT molecular complexity index is 527. The quantitative estimate of drug-likeness (QED) is 0.745. The molecular weight excluding hydrogens is 234 g/mol. The van der Waals surface area contributed by atoms with E-state index in [0.29, 0.717) is 17.5 Å². The molecule has 2 rings (SSSR count). The van der Waals surface area contributed by atoms with Gasteiger partial charge in [0, 0.05) is 24.5 Å². The van der Waals surface area contributed by atoms with E-state index >= 15 is 0 Å². The van der Waals surface area contributed by atoms with Crippen LogP contribution >= 0.6 is 0 Å². The van der Waals surface area contributed by atoms with Crippen LogP contribution in [0.2, 0.25) is 0 Å². The number of rotatable bonds is 2. The van der Waals surface area contributed by atoms with Crippen molar-refractivity contribution in [3.63, 3.8) is 0 Å². The molecule has 5 heteroatoms. The summed E-state index contributed by atoms with van der Waals surface area (Å²) >= 11 is 0. The summed E-state index contributed by atoms with van der Waals surface area (Å²) in [5, 5.41) is 0. The smallest absolute Gasteiger partial charge is 0.339 e. The van der Waals surface area contributed by atoms with E-state index in [-0.39, 0.29) is 5.97 Å². The van der Waals surface area contributed by atoms with Gasteiger partial charge in [-0.2, -0.15) is 0 Å². The third kappa shape index (κ3) is 1.81. The Hall–Kier alpha value is -2.04. The van der Waals surface area contributed by atoms with Crippen LogP contribution in [0.5, 0.6) is 0 Å². The Morgan fingerprint density at radius 3 is 2.67 bits per heavy atom. The van der Waals surface area contributed by atoms with E-state index in [2.05, 4.69) is 0 Å². The molecule has 0 saturated heterocycles.